The molecule has 1 aliphatic carbocycles. The molecule has 0 amide bonds. The maximum atomic E-state index is 4.54. The minimum Gasteiger partial charge on any atom is -0.314 e. The van der Waals surface area contributed by atoms with Crippen LogP contribution in [0.3, 0.4) is 0 Å². The first-order valence-electron chi connectivity index (χ1n) is 6.55. The molecule has 1 N–H and O–H groups in total. The van der Waals surface area contributed by atoms with E-state index in [0.29, 0.717) is 5.92 Å². The Bertz CT molecular complexity index is 382. The van der Waals surface area contributed by atoms with Gasteiger partial charge in [0.15, 0.2) is 0 Å². The zero-order valence-electron chi connectivity index (χ0n) is 11.0. The van der Waals surface area contributed by atoms with Crippen LogP contribution in [0.5, 0.6) is 0 Å². The molecule has 1 saturated carbocycles. The third-order valence-corrected chi connectivity index (χ3v) is 4.29. The van der Waals surface area contributed by atoms with Crippen molar-refractivity contribution in [1.82, 2.24) is 15.1 Å². The highest BCUT2D eigenvalue weighted by atomic mass is 79.9. The van der Waals surface area contributed by atoms with Crippen LogP contribution >= 0.6 is 15.9 Å². The summed E-state index contributed by atoms with van der Waals surface area (Å²) in [5.74, 6) is 0.659. The summed E-state index contributed by atoms with van der Waals surface area (Å²) in [5.41, 5.74) is 2.50. The third-order valence-electron chi connectivity index (χ3n) is 3.38. The Balaban J connectivity index is 1.93. The standard InChI is InChI=1S/C13H22BrN3/c1-4-11-13(14)12(17(3)16-11)7-9(2)8-15-10-5-6-10/h9-10,15H,4-8H2,1-3H3. The third kappa shape index (κ3) is 3.32. The summed E-state index contributed by atoms with van der Waals surface area (Å²) in [7, 11) is 2.04. The molecule has 17 heavy (non-hydrogen) atoms. The van der Waals surface area contributed by atoms with Gasteiger partial charge >= 0.3 is 0 Å². The molecule has 0 aromatic carbocycles. The zero-order chi connectivity index (χ0) is 12.4. The summed E-state index contributed by atoms with van der Waals surface area (Å²) in [4.78, 5) is 0. The van der Waals surface area contributed by atoms with E-state index in [2.05, 4.69) is 40.2 Å². The van der Waals surface area contributed by atoms with Crippen LogP contribution < -0.4 is 5.32 Å². The molecule has 0 bridgehead atoms. The predicted molar refractivity (Wildman–Crippen MR) is 74.2 cm³/mol. The monoisotopic (exact) mass is 299 g/mol. The van der Waals surface area contributed by atoms with Crippen molar-refractivity contribution in [3.05, 3.63) is 15.9 Å². The van der Waals surface area contributed by atoms with Crippen molar-refractivity contribution in [2.45, 2.75) is 45.6 Å². The number of hydrogen-bond acceptors (Lipinski definition) is 2. The van der Waals surface area contributed by atoms with Gasteiger partial charge in [0.1, 0.15) is 0 Å². The second-order valence-corrected chi connectivity index (χ2v) is 5.97. The Morgan fingerprint density at radius 1 is 1.53 bits per heavy atom. The number of halogens is 1. The first-order valence-corrected chi connectivity index (χ1v) is 7.34. The zero-order valence-corrected chi connectivity index (χ0v) is 12.5. The van der Waals surface area contributed by atoms with Crippen LogP contribution in [0.2, 0.25) is 0 Å². The molecule has 3 nitrogen and oxygen atoms in total. The second-order valence-electron chi connectivity index (χ2n) is 5.18. The molecule has 0 saturated heterocycles. The van der Waals surface area contributed by atoms with Crippen molar-refractivity contribution in [3.8, 4) is 0 Å². The average Bonchev–Trinajstić information content (AvgIpc) is 3.09. The molecular formula is C13H22BrN3. The number of aromatic nitrogens is 2. The molecule has 0 radical (unpaired) electrons. The molecule has 1 aliphatic rings. The van der Waals surface area contributed by atoms with E-state index in [4.69, 9.17) is 0 Å². The SMILES string of the molecule is CCc1nn(C)c(CC(C)CNC2CC2)c1Br. The molecule has 0 aliphatic heterocycles. The van der Waals surface area contributed by atoms with E-state index in [-0.39, 0.29) is 0 Å². The van der Waals surface area contributed by atoms with Crippen LogP contribution in [0.4, 0.5) is 0 Å². The predicted octanol–water partition coefficient (Wildman–Crippen LogP) is 2.68. The van der Waals surface area contributed by atoms with Crippen molar-refractivity contribution in [1.29, 1.82) is 0 Å². The van der Waals surface area contributed by atoms with E-state index in [0.717, 1.165) is 25.4 Å². The summed E-state index contributed by atoms with van der Waals surface area (Å²) in [6.07, 6.45) is 4.80. The lowest BCUT2D eigenvalue weighted by molar-refractivity contribution is 0.493. The highest BCUT2D eigenvalue weighted by Gasteiger charge is 2.21. The van der Waals surface area contributed by atoms with Gasteiger partial charge in [0, 0.05) is 13.1 Å². The lowest BCUT2D eigenvalue weighted by Gasteiger charge is -2.12. The van der Waals surface area contributed by atoms with E-state index >= 15 is 0 Å². The first kappa shape index (κ1) is 13.1. The number of rotatable bonds is 6. The van der Waals surface area contributed by atoms with Crippen LogP contribution in [0.15, 0.2) is 4.47 Å². The van der Waals surface area contributed by atoms with Gasteiger partial charge in [0.2, 0.25) is 0 Å². The summed E-state index contributed by atoms with van der Waals surface area (Å²) >= 11 is 3.68. The van der Waals surface area contributed by atoms with Gasteiger partial charge in [0.05, 0.1) is 15.9 Å². The summed E-state index contributed by atoms with van der Waals surface area (Å²) < 4.78 is 3.23. The van der Waals surface area contributed by atoms with Crippen LogP contribution in [-0.2, 0) is 19.9 Å². The van der Waals surface area contributed by atoms with Gasteiger partial charge < -0.3 is 5.32 Å². The Kier molecular flexibility index (Phi) is 4.26. The molecule has 2 rings (SSSR count). The van der Waals surface area contributed by atoms with Crippen molar-refractivity contribution in [2.75, 3.05) is 6.54 Å². The fraction of sp³-hybridized carbons (Fsp3) is 0.769. The fourth-order valence-corrected chi connectivity index (χ4v) is 2.88. The molecule has 1 heterocycles. The second kappa shape index (κ2) is 5.53. The highest BCUT2D eigenvalue weighted by molar-refractivity contribution is 9.10. The molecule has 4 heteroatoms. The van der Waals surface area contributed by atoms with Gasteiger partial charge in [-0.15, -0.1) is 0 Å². The number of nitrogens with one attached hydrogen (secondary N) is 1. The summed E-state index contributed by atoms with van der Waals surface area (Å²) in [6, 6.07) is 0.804. The lowest BCUT2D eigenvalue weighted by atomic mass is 10.1. The van der Waals surface area contributed by atoms with Gasteiger partial charge in [-0.2, -0.15) is 5.10 Å². The van der Waals surface area contributed by atoms with Crippen LogP contribution in [0, 0.1) is 5.92 Å². The lowest BCUT2D eigenvalue weighted by Crippen LogP contribution is -2.24. The van der Waals surface area contributed by atoms with Crippen LogP contribution in [-0.4, -0.2) is 22.4 Å². The largest absolute Gasteiger partial charge is 0.314 e. The molecule has 1 aromatic rings. The fourth-order valence-electron chi connectivity index (χ4n) is 2.10. The molecule has 1 atom stereocenters. The van der Waals surface area contributed by atoms with Crippen molar-refractivity contribution in [3.63, 3.8) is 0 Å². The van der Waals surface area contributed by atoms with E-state index in [1.165, 1.54) is 28.7 Å². The highest BCUT2D eigenvalue weighted by Crippen LogP contribution is 2.24. The minimum atomic E-state index is 0.659. The average molecular weight is 300 g/mol. The molecule has 1 fully saturated rings. The Labute approximate surface area is 112 Å². The molecular weight excluding hydrogens is 278 g/mol. The summed E-state index contributed by atoms with van der Waals surface area (Å²) in [6.45, 7) is 5.57. The first-order chi connectivity index (χ1) is 8.11. The maximum absolute atomic E-state index is 4.54. The normalized spacial score (nSPS) is 17.4. The number of hydrogen-bond donors (Lipinski definition) is 1. The topological polar surface area (TPSA) is 29.9 Å². The van der Waals surface area contributed by atoms with E-state index in [1.807, 2.05) is 11.7 Å². The van der Waals surface area contributed by atoms with Gasteiger partial charge in [-0.1, -0.05) is 13.8 Å². The smallest absolute Gasteiger partial charge is 0.0766 e. The minimum absolute atomic E-state index is 0.659. The quantitative estimate of drug-likeness (QED) is 0.875. The van der Waals surface area contributed by atoms with Crippen molar-refractivity contribution < 1.29 is 0 Å². The van der Waals surface area contributed by atoms with Crippen molar-refractivity contribution >= 4 is 15.9 Å². The number of aryl methyl sites for hydroxylation is 2. The van der Waals surface area contributed by atoms with Gasteiger partial charge in [-0.05, 0) is 54.1 Å². The molecule has 0 spiro atoms. The molecule has 96 valence electrons. The van der Waals surface area contributed by atoms with Crippen molar-refractivity contribution in [2.24, 2.45) is 13.0 Å². The van der Waals surface area contributed by atoms with E-state index in [9.17, 15) is 0 Å². The molecule has 1 unspecified atom stereocenters. The van der Waals surface area contributed by atoms with Crippen LogP contribution in [0.1, 0.15) is 38.1 Å². The Hall–Kier alpha value is -0.350. The molecule has 1 aromatic heterocycles. The van der Waals surface area contributed by atoms with Gasteiger partial charge in [0.25, 0.3) is 0 Å². The van der Waals surface area contributed by atoms with Gasteiger partial charge in [-0.3, -0.25) is 4.68 Å². The number of nitrogens with zero attached hydrogens (tertiary/aromatic N) is 2. The Morgan fingerprint density at radius 2 is 2.24 bits per heavy atom. The van der Waals surface area contributed by atoms with Gasteiger partial charge in [-0.25, -0.2) is 0 Å². The van der Waals surface area contributed by atoms with E-state index < -0.39 is 0 Å². The van der Waals surface area contributed by atoms with E-state index in [1.54, 1.807) is 0 Å². The summed E-state index contributed by atoms with van der Waals surface area (Å²) in [5, 5.41) is 8.13. The van der Waals surface area contributed by atoms with Crippen LogP contribution in [0.25, 0.3) is 0 Å². The Morgan fingerprint density at radius 3 is 2.76 bits per heavy atom. The maximum Gasteiger partial charge on any atom is 0.0766 e.